The van der Waals surface area contributed by atoms with Crippen molar-refractivity contribution in [3.63, 3.8) is 0 Å². The van der Waals surface area contributed by atoms with Gasteiger partial charge in [-0.25, -0.2) is 4.39 Å². The maximum absolute atomic E-state index is 12.9. The number of nitrogens with two attached hydrogens (primary N) is 1. The van der Waals surface area contributed by atoms with E-state index in [1.54, 1.807) is 0 Å². The molecule has 0 saturated carbocycles. The van der Waals surface area contributed by atoms with Gasteiger partial charge in [-0.3, -0.25) is 14.4 Å². The van der Waals surface area contributed by atoms with Gasteiger partial charge in [0, 0.05) is 19.8 Å². The van der Waals surface area contributed by atoms with Crippen molar-refractivity contribution in [1.82, 2.24) is 10.6 Å². The van der Waals surface area contributed by atoms with Crippen LogP contribution in [-0.2, 0) is 20.8 Å². The number of nitrogens with one attached hydrogen (secondary N) is 2. The smallest absolute Gasteiger partial charge is 0.243 e. The second-order valence-electron chi connectivity index (χ2n) is 4.96. The third kappa shape index (κ3) is 6.18. The first-order chi connectivity index (χ1) is 10.8. The van der Waals surface area contributed by atoms with Crippen molar-refractivity contribution in [2.75, 3.05) is 0 Å². The summed E-state index contributed by atoms with van der Waals surface area (Å²) in [5, 5.41) is 4.89. The number of benzene rings is 1. The Morgan fingerprint density at radius 3 is 2.30 bits per heavy atom. The quantitative estimate of drug-likeness (QED) is 0.610. The molecule has 2 atom stereocenters. The molecule has 4 N–H and O–H groups in total. The topological polar surface area (TPSA) is 101 Å². The van der Waals surface area contributed by atoms with Crippen LogP contribution in [0.2, 0.25) is 0 Å². The van der Waals surface area contributed by atoms with E-state index in [0.29, 0.717) is 5.56 Å². The Kier molecular flexibility index (Phi) is 6.74. The molecule has 0 fully saturated rings. The predicted molar refractivity (Wildman–Crippen MR) is 82.3 cm³/mol. The Balaban J connectivity index is 2.85. The fourth-order valence-corrected chi connectivity index (χ4v) is 1.92. The van der Waals surface area contributed by atoms with Crippen LogP contribution in [0.1, 0.15) is 18.9 Å². The van der Waals surface area contributed by atoms with E-state index in [4.69, 9.17) is 12.2 Å². The first-order valence-electron chi connectivity index (χ1n) is 6.88. The summed E-state index contributed by atoms with van der Waals surface area (Å²) in [5.74, 6) is 0.0652. The number of carbonyl (C=O) groups excluding carboxylic acids is 3. The van der Waals surface area contributed by atoms with Gasteiger partial charge in [-0.15, -0.1) is 12.3 Å². The third-order valence-electron chi connectivity index (χ3n) is 3.03. The molecule has 122 valence electrons. The molecule has 0 aromatic heterocycles. The monoisotopic (exact) mass is 319 g/mol. The minimum atomic E-state index is -1.02. The molecule has 0 radical (unpaired) electrons. The molecule has 7 heteroatoms. The second kappa shape index (κ2) is 8.54. The molecule has 3 amide bonds. The van der Waals surface area contributed by atoms with Gasteiger partial charge in [-0.2, -0.15) is 0 Å². The predicted octanol–water partition coefficient (Wildman–Crippen LogP) is -0.134. The van der Waals surface area contributed by atoms with Crippen molar-refractivity contribution in [3.05, 3.63) is 35.6 Å². The number of hydrogen-bond acceptors (Lipinski definition) is 3. The number of halogens is 1. The van der Waals surface area contributed by atoms with Crippen molar-refractivity contribution >= 4 is 17.7 Å². The highest BCUT2D eigenvalue weighted by Gasteiger charge is 2.24. The zero-order valence-corrected chi connectivity index (χ0v) is 12.6. The van der Waals surface area contributed by atoms with Gasteiger partial charge < -0.3 is 16.4 Å². The lowest BCUT2D eigenvalue weighted by Crippen LogP contribution is -2.53. The maximum Gasteiger partial charge on any atom is 0.243 e. The van der Waals surface area contributed by atoms with Gasteiger partial charge in [0.1, 0.15) is 17.9 Å². The fourth-order valence-electron chi connectivity index (χ4n) is 1.92. The molecule has 0 spiro atoms. The second-order valence-corrected chi connectivity index (χ2v) is 4.96. The van der Waals surface area contributed by atoms with Crippen LogP contribution < -0.4 is 16.4 Å². The zero-order chi connectivity index (χ0) is 17.4. The van der Waals surface area contributed by atoms with Gasteiger partial charge in [0.05, 0.1) is 0 Å². The van der Waals surface area contributed by atoms with Crippen molar-refractivity contribution < 1.29 is 18.8 Å². The lowest BCUT2D eigenvalue weighted by Gasteiger charge is -2.20. The van der Waals surface area contributed by atoms with Gasteiger partial charge >= 0.3 is 0 Å². The number of carbonyl (C=O) groups is 3. The van der Waals surface area contributed by atoms with E-state index in [-0.39, 0.29) is 12.8 Å². The highest BCUT2D eigenvalue weighted by molar-refractivity contribution is 5.91. The molecule has 0 aliphatic heterocycles. The van der Waals surface area contributed by atoms with Crippen molar-refractivity contribution in [1.29, 1.82) is 0 Å². The molecule has 0 saturated heterocycles. The minimum absolute atomic E-state index is 0.0512. The van der Waals surface area contributed by atoms with E-state index in [1.807, 2.05) is 0 Å². The van der Waals surface area contributed by atoms with Gasteiger partial charge in [0.15, 0.2) is 0 Å². The Hall–Kier alpha value is -2.88. The van der Waals surface area contributed by atoms with Crippen LogP contribution in [0, 0.1) is 18.2 Å². The molecule has 1 aromatic carbocycles. The number of rotatable bonds is 7. The van der Waals surface area contributed by atoms with Crippen LogP contribution in [0.25, 0.3) is 0 Å². The number of terminal acetylenes is 1. The summed E-state index contributed by atoms with van der Waals surface area (Å²) in [4.78, 5) is 34.8. The number of hydrogen-bond donors (Lipinski definition) is 3. The van der Waals surface area contributed by atoms with Crippen LogP contribution >= 0.6 is 0 Å². The molecule has 0 aliphatic carbocycles. The fraction of sp³-hybridized carbons (Fsp3) is 0.312. The molecular formula is C16H18FN3O3. The average Bonchev–Trinajstić information content (AvgIpc) is 2.47. The summed E-state index contributed by atoms with van der Waals surface area (Å²) in [6, 6.07) is 3.56. The zero-order valence-electron chi connectivity index (χ0n) is 12.6. The lowest BCUT2D eigenvalue weighted by atomic mass is 10.0. The lowest BCUT2D eigenvalue weighted by molar-refractivity contribution is -0.130. The first-order valence-corrected chi connectivity index (χ1v) is 6.88. The van der Waals surface area contributed by atoms with E-state index >= 15 is 0 Å². The van der Waals surface area contributed by atoms with Gasteiger partial charge in [0.25, 0.3) is 0 Å². The number of primary amides is 1. The van der Waals surface area contributed by atoms with E-state index in [9.17, 15) is 18.8 Å². The van der Waals surface area contributed by atoms with E-state index in [0.717, 1.165) is 0 Å². The van der Waals surface area contributed by atoms with Crippen LogP contribution in [0.3, 0.4) is 0 Å². The maximum atomic E-state index is 12.9. The highest BCUT2D eigenvalue weighted by atomic mass is 19.1. The van der Waals surface area contributed by atoms with Crippen LogP contribution in [-0.4, -0.2) is 29.8 Å². The van der Waals surface area contributed by atoms with E-state index < -0.39 is 35.6 Å². The van der Waals surface area contributed by atoms with Crippen LogP contribution in [0.5, 0.6) is 0 Å². The van der Waals surface area contributed by atoms with Gasteiger partial charge in [-0.05, 0) is 17.7 Å². The molecule has 23 heavy (non-hydrogen) atoms. The summed E-state index contributed by atoms with van der Waals surface area (Å²) in [5.41, 5.74) is 5.81. The summed E-state index contributed by atoms with van der Waals surface area (Å²) >= 11 is 0. The van der Waals surface area contributed by atoms with Gasteiger partial charge in [-0.1, -0.05) is 12.1 Å². The van der Waals surface area contributed by atoms with Crippen molar-refractivity contribution in [2.45, 2.75) is 31.8 Å². The van der Waals surface area contributed by atoms with Crippen molar-refractivity contribution in [3.8, 4) is 12.3 Å². The third-order valence-corrected chi connectivity index (χ3v) is 3.03. The normalized spacial score (nSPS) is 12.6. The number of amides is 3. The van der Waals surface area contributed by atoms with Crippen molar-refractivity contribution in [2.24, 2.45) is 5.73 Å². The first kappa shape index (κ1) is 18.2. The minimum Gasteiger partial charge on any atom is -0.368 e. The Bertz CT molecular complexity index is 622. The van der Waals surface area contributed by atoms with E-state index in [2.05, 4.69) is 16.6 Å². The van der Waals surface area contributed by atoms with E-state index in [1.165, 1.54) is 31.2 Å². The summed E-state index contributed by atoms with van der Waals surface area (Å²) in [7, 11) is 0. The van der Waals surface area contributed by atoms with Crippen LogP contribution in [0.15, 0.2) is 24.3 Å². The highest BCUT2D eigenvalue weighted by Crippen LogP contribution is 2.07. The molecule has 0 bridgehead atoms. The molecule has 0 heterocycles. The molecule has 0 unspecified atom stereocenters. The summed E-state index contributed by atoms with van der Waals surface area (Å²) in [6.07, 6.45) is 5.20. The Labute approximate surface area is 133 Å². The van der Waals surface area contributed by atoms with Crippen LogP contribution in [0.4, 0.5) is 4.39 Å². The largest absolute Gasteiger partial charge is 0.368 e. The summed E-state index contributed by atoms with van der Waals surface area (Å²) in [6.45, 7) is 1.26. The summed E-state index contributed by atoms with van der Waals surface area (Å²) < 4.78 is 12.9. The molecule has 0 aliphatic rings. The molecular weight excluding hydrogens is 301 g/mol. The standard InChI is InChI=1S/C16H18FN3O3/c1-3-4-13(15(18)22)20-16(23)14(19-10(2)21)9-11-5-7-12(17)8-6-11/h1,5-8,13-14H,4,9H2,2H3,(H2,18,22)(H,19,21)(H,20,23)/t13-,14+/m1/s1. The van der Waals surface area contributed by atoms with Gasteiger partial charge in [0.2, 0.25) is 17.7 Å². The Morgan fingerprint density at radius 2 is 1.83 bits per heavy atom. The molecule has 6 nitrogen and oxygen atoms in total. The average molecular weight is 319 g/mol. The molecule has 1 aromatic rings. The molecule has 1 rings (SSSR count). The Morgan fingerprint density at radius 1 is 1.22 bits per heavy atom. The SMILES string of the molecule is C#CC[C@@H](NC(=O)[C@H](Cc1ccc(F)cc1)NC(C)=O)C(N)=O.